The number of nitro benzene ring substituents is 1. The van der Waals surface area contributed by atoms with E-state index in [9.17, 15) is 20.0 Å². The second-order valence-electron chi connectivity index (χ2n) is 3.93. The Morgan fingerprint density at radius 3 is 2.65 bits per heavy atom. The number of phenolic OH excluding ortho intramolecular Hbond substituents is 1. The van der Waals surface area contributed by atoms with Crippen LogP contribution in [0.25, 0.3) is 0 Å². The molecule has 0 fully saturated rings. The molecule has 0 aliphatic rings. The highest BCUT2D eigenvalue weighted by molar-refractivity contribution is 14.1. The number of non-ortho nitro benzene ring substituents is 1. The summed E-state index contributed by atoms with van der Waals surface area (Å²) in [4.78, 5) is 22.3. The smallest absolute Gasteiger partial charge is 0.270 e. The molecule has 20 heavy (non-hydrogen) atoms. The highest BCUT2D eigenvalue weighted by Gasteiger charge is 2.15. The molecular weight excluding hydrogens is 375 g/mol. The molecule has 0 aromatic heterocycles. The predicted molar refractivity (Wildman–Crippen MR) is 81.9 cm³/mol. The molecule has 0 atom stereocenters. The second-order valence-corrected chi connectivity index (χ2v) is 5.09. The molecule has 0 saturated heterocycles. The molecule has 0 unspecified atom stereocenters. The summed E-state index contributed by atoms with van der Waals surface area (Å²) in [5.74, 6) is -0.444. The number of amides is 1. The van der Waals surface area contributed by atoms with Crippen molar-refractivity contribution in [2.75, 3.05) is 5.32 Å². The van der Waals surface area contributed by atoms with Gasteiger partial charge < -0.3 is 10.4 Å². The van der Waals surface area contributed by atoms with Gasteiger partial charge in [0.05, 0.1) is 10.5 Å². The van der Waals surface area contributed by atoms with Gasteiger partial charge in [-0.25, -0.2) is 0 Å². The van der Waals surface area contributed by atoms with Crippen LogP contribution in [0.4, 0.5) is 11.4 Å². The molecule has 0 spiro atoms. The minimum Gasteiger partial charge on any atom is -0.508 e. The molecule has 0 bridgehead atoms. The first kappa shape index (κ1) is 14.3. The van der Waals surface area contributed by atoms with E-state index in [2.05, 4.69) is 5.32 Å². The Kier molecular flexibility index (Phi) is 4.18. The molecule has 0 heterocycles. The van der Waals surface area contributed by atoms with E-state index < -0.39 is 10.8 Å². The van der Waals surface area contributed by atoms with Crippen molar-refractivity contribution in [1.29, 1.82) is 0 Å². The zero-order valence-electron chi connectivity index (χ0n) is 10.0. The average Bonchev–Trinajstić information content (AvgIpc) is 2.38. The van der Waals surface area contributed by atoms with E-state index in [-0.39, 0.29) is 17.0 Å². The van der Waals surface area contributed by atoms with Crippen molar-refractivity contribution in [3.05, 3.63) is 61.7 Å². The third-order valence-corrected chi connectivity index (χ3v) is 3.45. The maximum Gasteiger partial charge on any atom is 0.270 e. The van der Waals surface area contributed by atoms with Crippen LogP contribution in [-0.2, 0) is 0 Å². The van der Waals surface area contributed by atoms with Crippen LogP contribution in [-0.4, -0.2) is 15.9 Å². The number of carbonyl (C=O) groups excluding carboxylic acids is 1. The van der Waals surface area contributed by atoms with Crippen LogP contribution in [0.15, 0.2) is 42.5 Å². The molecule has 7 heteroatoms. The Balaban J connectivity index is 2.29. The predicted octanol–water partition coefficient (Wildman–Crippen LogP) is 3.16. The summed E-state index contributed by atoms with van der Waals surface area (Å²) in [6.07, 6.45) is 0. The highest BCUT2D eigenvalue weighted by Crippen LogP contribution is 2.22. The van der Waals surface area contributed by atoms with E-state index >= 15 is 0 Å². The van der Waals surface area contributed by atoms with Crippen LogP contribution in [0.5, 0.6) is 5.75 Å². The second kappa shape index (κ2) is 5.87. The lowest BCUT2D eigenvalue weighted by Gasteiger charge is -2.07. The van der Waals surface area contributed by atoms with Crippen LogP contribution in [0, 0.1) is 13.7 Å². The van der Waals surface area contributed by atoms with Gasteiger partial charge in [0, 0.05) is 27.5 Å². The third kappa shape index (κ3) is 3.23. The van der Waals surface area contributed by atoms with Gasteiger partial charge in [-0.05, 0) is 40.8 Å². The first-order chi connectivity index (χ1) is 9.47. The van der Waals surface area contributed by atoms with E-state index in [0.29, 0.717) is 9.26 Å². The number of halogens is 1. The van der Waals surface area contributed by atoms with Gasteiger partial charge in [0.15, 0.2) is 0 Å². The minimum atomic E-state index is -0.554. The first-order valence-corrected chi connectivity index (χ1v) is 6.59. The summed E-state index contributed by atoms with van der Waals surface area (Å²) in [7, 11) is 0. The highest BCUT2D eigenvalue weighted by atomic mass is 127. The molecule has 0 aliphatic heterocycles. The summed E-state index contributed by atoms with van der Waals surface area (Å²) in [6.45, 7) is 0. The molecule has 2 aromatic rings. The van der Waals surface area contributed by atoms with E-state index in [1.807, 2.05) is 22.6 Å². The van der Waals surface area contributed by atoms with Gasteiger partial charge >= 0.3 is 0 Å². The first-order valence-electron chi connectivity index (χ1n) is 5.51. The molecule has 0 saturated carbocycles. The molecule has 102 valence electrons. The van der Waals surface area contributed by atoms with E-state index in [0.717, 1.165) is 0 Å². The Hall–Kier alpha value is -2.16. The molecule has 2 N–H and O–H groups in total. The van der Waals surface area contributed by atoms with Crippen LogP contribution >= 0.6 is 22.6 Å². The van der Waals surface area contributed by atoms with Crippen molar-refractivity contribution in [3.8, 4) is 5.75 Å². The number of anilines is 1. The number of nitrogens with zero attached hydrogens (tertiary/aromatic N) is 1. The minimum absolute atomic E-state index is 0.0246. The Labute approximate surface area is 127 Å². The quantitative estimate of drug-likeness (QED) is 0.483. The Bertz CT molecular complexity index is 688. The molecular formula is C13H9IN2O4. The molecule has 2 rings (SSSR count). The molecule has 0 aliphatic carbocycles. The molecule has 0 radical (unpaired) electrons. The largest absolute Gasteiger partial charge is 0.508 e. The summed E-state index contributed by atoms with van der Waals surface area (Å²) in [5, 5.41) is 22.6. The third-order valence-electron chi connectivity index (χ3n) is 2.51. The van der Waals surface area contributed by atoms with Crippen LogP contribution in [0.1, 0.15) is 10.4 Å². The van der Waals surface area contributed by atoms with Crippen molar-refractivity contribution in [2.45, 2.75) is 0 Å². The number of aromatic hydroxyl groups is 1. The van der Waals surface area contributed by atoms with E-state index in [1.54, 1.807) is 12.1 Å². The maximum absolute atomic E-state index is 12.1. The number of hydrogen-bond acceptors (Lipinski definition) is 4. The Morgan fingerprint density at radius 2 is 2.00 bits per heavy atom. The number of phenols is 1. The van der Waals surface area contributed by atoms with Gasteiger partial charge in [-0.15, -0.1) is 0 Å². The SMILES string of the molecule is O=C(Nc1cccc(O)c1)c1cc([N+](=O)[O-])ccc1I. The monoisotopic (exact) mass is 384 g/mol. The fraction of sp³-hybridized carbons (Fsp3) is 0. The molecule has 1 amide bonds. The van der Waals surface area contributed by atoms with Crippen molar-refractivity contribution < 1.29 is 14.8 Å². The van der Waals surface area contributed by atoms with Gasteiger partial charge in [0.2, 0.25) is 0 Å². The van der Waals surface area contributed by atoms with Crippen LogP contribution in [0.2, 0.25) is 0 Å². The number of rotatable bonds is 3. The van der Waals surface area contributed by atoms with Crippen LogP contribution in [0.3, 0.4) is 0 Å². The lowest BCUT2D eigenvalue weighted by molar-refractivity contribution is -0.384. The standard InChI is InChI=1S/C13H9IN2O4/c14-12-5-4-9(16(19)20)7-11(12)13(18)15-8-2-1-3-10(17)6-8/h1-7,17H,(H,15,18). The average molecular weight is 384 g/mol. The normalized spacial score (nSPS) is 10.1. The van der Waals surface area contributed by atoms with Gasteiger partial charge in [-0.3, -0.25) is 14.9 Å². The number of nitro groups is 1. The lowest BCUT2D eigenvalue weighted by Crippen LogP contribution is -2.13. The maximum atomic E-state index is 12.1. The fourth-order valence-corrected chi connectivity index (χ4v) is 2.16. The summed E-state index contributed by atoms with van der Waals surface area (Å²) >= 11 is 1.93. The van der Waals surface area contributed by atoms with Gasteiger partial charge in [-0.2, -0.15) is 0 Å². The number of hydrogen-bond donors (Lipinski definition) is 2. The zero-order valence-corrected chi connectivity index (χ0v) is 12.2. The number of nitrogens with one attached hydrogen (secondary N) is 1. The lowest BCUT2D eigenvalue weighted by atomic mass is 10.2. The van der Waals surface area contributed by atoms with Crippen LogP contribution < -0.4 is 5.32 Å². The van der Waals surface area contributed by atoms with Gasteiger partial charge in [0.1, 0.15) is 5.75 Å². The molecule has 6 nitrogen and oxygen atoms in total. The van der Waals surface area contributed by atoms with Gasteiger partial charge in [0.25, 0.3) is 11.6 Å². The van der Waals surface area contributed by atoms with E-state index in [4.69, 9.17) is 0 Å². The van der Waals surface area contributed by atoms with Crippen molar-refractivity contribution >= 4 is 39.9 Å². The summed E-state index contributed by atoms with van der Waals surface area (Å²) in [6, 6.07) is 10.1. The fourth-order valence-electron chi connectivity index (χ4n) is 1.58. The molecule has 2 aromatic carbocycles. The zero-order chi connectivity index (χ0) is 14.7. The topological polar surface area (TPSA) is 92.5 Å². The van der Waals surface area contributed by atoms with Crippen molar-refractivity contribution in [3.63, 3.8) is 0 Å². The van der Waals surface area contributed by atoms with Crippen molar-refractivity contribution in [2.24, 2.45) is 0 Å². The Morgan fingerprint density at radius 1 is 1.25 bits per heavy atom. The summed E-state index contributed by atoms with van der Waals surface area (Å²) < 4.78 is 0.603. The summed E-state index contributed by atoms with van der Waals surface area (Å²) in [5.41, 5.74) is 0.479. The number of benzene rings is 2. The van der Waals surface area contributed by atoms with E-state index in [1.165, 1.54) is 30.3 Å². The number of carbonyl (C=O) groups is 1. The van der Waals surface area contributed by atoms with Crippen molar-refractivity contribution in [1.82, 2.24) is 0 Å². The van der Waals surface area contributed by atoms with Gasteiger partial charge in [-0.1, -0.05) is 6.07 Å².